The van der Waals surface area contributed by atoms with Crippen LogP contribution in [0.1, 0.15) is 37.7 Å². The molecular formula is C23H25N7O. The minimum Gasteiger partial charge on any atom is -0.454 e. The third-order valence-corrected chi connectivity index (χ3v) is 5.71. The molecule has 0 spiro atoms. The number of hydrogen-bond donors (Lipinski definition) is 4. The Hall–Kier alpha value is -3.81. The molecule has 0 amide bonds. The number of nitrogen functional groups attached to an aromatic ring is 2. The Kier molecular flexibility index (Phi) is 4.82. The summed E-state index contributed by atoms with van der Waals surface area (Å²) >= 11 is 0. The van der Waals surface area contributed by atoms with Crippen LogP contribution in [0.15, 0.2) is 47.5 Å². The molecule has 0 saturated heterocycles. The number of anilines is 3. The maximum Gasteiger partial charge on any atom is 0.222 e. The standard InChI is InChI=1S/C23H25N7O/c24-15-10-13(11-19-21(15)22(25)28-16-8-4-5-9-18(16)31-19)17-12-20(30-23(26)29-17)27-14-6-2-1-3-7-14/h4-5,8-12,14H,1-3,6-7,24H2,(H2,25,28)(H3,26,27,29,30). The van der Waals surface area contributed by atoms with Crippen LogP contribution in [0, 0.1) is 0 Å². The van der Waals surface area contributed by atoms with E-state index >= 15 is 0 Å². The first kappa shape index (κ1) is 19.2. The SMILES string of the molecule is NC1=Nc2ccccc2Oc2cc(-c3cc(NC4CCCCC4)nc(N)n3)cc(N)c21. The first-order chi connectivity index (χ1) is 15.1. The lowest BCUT2D eigenvalue weighted by molar-refractivity contribution is 0.462. The molecule has 0 atom stereocenters. The van der Waals surface area contributed by atoms with E-state index in [0.717, 1.165) is 24.2 Å². The van der Waals surface area contributed by atoms with Crippen LogP contribution < -0.4 is 27.3 Å². The van der Waals surface area contributed by atoms with Gasteiger partial charge in [-0.2, -0.15) is 4.98 Å². The van der Waals surface area contributed by atoms with Gasteiger partial charge in [0, 0.05) is 23.4 Å². The van der Waals surface area contributed by atoms with Crippen LogP contribution in [0.3, 0.4) is 0 Å². The summed E-state index contributed by atoms with van der Waals surface area (Å²) in [5, 5.41) is 3.51. The van der Waals surface area contributed by atoms with Gasteiger partial charge in [0.15, 0.2) is 5.75 Å². The molecule has 2 heterocycles. The minimum atomic E-state index is 0.205. The second-order valence-electron chi connectivity index (χ2n) is 7.98. The van der Waals surface area contributed by atoms with Crippen molar-refractivity contribution in [2.45, 2.75) is 38.1 Å². The van der Waals surface area contributed by atoms with E-state index in [4.69, 9.17) is 21.9 Å². The van der Waals surface area contributed by atoms with E-state index in [9.17, 15) is 0 Å². The number of nitrogens with one attached hydrogen (secondary N) is 1. The van der Waals surface area contributed by atoms with Crippen molar-refractivity contribution >= 4 is 29.0 Å². The van der Waals surface area contributed by atoms with Crippen LogP contribution in [0.4, 0.5) is 23.1 Å². The number of fused-ring (bicyclic) bond motifs is 2. The number of nitrogens with two attached hydrogens (primary N) is 3. The second kappa shape index (κ2) is 7.79. The average molecular weight is 416 g/mol. The molecule has 8 heteroatoms. The largest absolute Gasteiger partial charge is 0.454 e. The summed E-state index contributed by atoms with van der Waals surface area (Å²) in [5.41, 5.74) is 21.7. The lowest BCUT2D eigenvalue weighted by atomic mass is 9.95. The molecule has 8 nitrogen and oxygen atoms in total. The van der Waals surface area contributed by atoms with Gasteiger partial charge in [0.25, 0.3) is 0 Å². The predicted molar refractivity (Wildman–Crippen MR) is 124 cm³/mol. The zero-order chi connectivity index (χ0) is 21.4. The highest BCUT2D eigenvalue weighted by molar-refractivity contribution is 6.07. The van der Waals surface area contributed by atoms with E-state index in [1.165, 1.54) is 19.3 Å². The summed E-state index contributed by atoms with van der Waals surface area (Å²) in [6.45, 7) is 0. The molecule has 0 bridgehead atoms. The van der Waals surface area contributed by atoms with Crippen molar-refractivity contribution < 1.29 is 4.74 Å². The van der Waals surface area contributed by atoms with Gasteiger partial charge in [0.05, 0.1) is 11.3 Å². The van der Waals surface area contributed by atoms with Crippen molar-refractivity contribution in [1.82, 2.24) is 9.97 Å². The fourth-order valence-electron chi connectivity index (χ4n) is 4.22. The highest BCUT2D eigenvalue weighted by Crippen LogP contribution is 2.41. The normalized spacial score (nSPS) is 15.8. The molecule has 7 N–H and O–H groups in total. The molecule has 1 fully saturated rings. The highest BCUT2D eigenvalue weighted by atomic mass is 16.5. The number of ether oxygens (including phenoxy) is 1. The molecule has 1 saturated carbocycles. The maximum absolute atomic E-state index is 6.37. The van der Waals surface area contributed by atoms with Gasteiger partial charge in [0.1, 0.15) is 23.1 Å². The van der Waals surface area contributed by atoms with Crippen molar-refractivity contribution in [3.8, 4) is 22.8 Å². The Bertz CT molecular complexity index is 1170. The molecule has 3 aromatic rings. The number of hydrogen-bond acceptors (Lipinski definition) is 8. The van der Waals surface area contributed by atoms with Crippen LogP contribution >= 0.6 is 0 Å². The van der Waals surface area contributed by atoms with Gasteiger partial charge in [0.2, 0.25) is 5.95 Å². The minimum absolute atomic E-state index is 0.205. The number of para-hydroxylation sites is 2. The van der Waals surface area contributed by atoms with Gasteiger partial charge in [-0.05, 0) is 37.1 Å². The summed E-state index contributed by atoms with van der Waals surface area (Å²) in [7, 11) is 0. The van der Waals surface area contributed by atoms with E-state index in [1.807, 2.05) is 42.5 Å². The van der Waals surface area contributed by atoms with Crippen LogP contribution in [0.5, 0.6) is 11.5 Å². The van der Waals surface area contributed by atoms with Crippen LogP contribution in [0.25, 0.3) is 11.3 Å². The molecule has 1 aliphatic heterocycles. The van der Waals surface area contributed by atoms with Gasteiger partial charge in [-0.25, -0.2) is 9.98 Å². The molecule has 0 unspecified atom stereocenters. The lowest BCUT2D eigenvalue weighted by Gasteiger charge is -2.23. The monoisotopic (exact) mass is 415 g/mol. The number of nitrogens with zero attached hydrogens (tertiary/aromatic N) is 3. The van der Waals surface area contributed by atoms with E-state index in [-0.39, 0.29) is 5.95 Å². The summed E-state index contributed by atoms with van der Waals surface area (Å²) in [6, 6.07) is 13.4. The zero-order valence-electron chi connectivity index (χ0n) is 17.1. The third kappa shape index (κ3) is 3.84. The Morgan fingerprint density at radius 3 is 2.55 bits per heavy atom. The Balaban J connectivity index is 1.53. The molecule has 31 heavy (non-hydrogen) atoms. The summed E-state index contributed by atoms with van der Waals surface area (Å²) in [4.78, 5) is 13.3. The van der Waals surface area contributed by atoms with Crippen molar-refractivity contribution in [3.63, 3.8) is 0 Å². The fraction of sp³-hybridized carbons (Fsp3) is 0.261. The number of amidine groups is 1. The third-order valence-electron chi connectivity index (χ3n) is 5.71. The molecular weight excluding hydrogens is 390 g/mol. The summed E-state index contributed by atoms with van der Waals surface area (Å²) < 4.78 is 6.13. The quantitative estimate of drug-likeness (QED) is 0.470. The molecule has 1 aliphatic carbocycles. The van der Waals surface area contributed by atoms with Crippen molar-refractivity contribution in [3.05, 3.63) is 48.0 Å². The maximum atomic E-state index is 6.37. The zero-order valence-corrected chi connectivity index (χ0v) is 17.1. The van der Waals surface area contributed by atoms with Crippen molar-refractivity contribution in [1.29, 1.82) is 0 Å². The van der Waals surface area contributed by atoms with Crippen LogP contribution in [0.2, 0.25) is 0 Å². The van der Waals surface area contributed by atoms with E-state index in [0.29, 0.717) is 46.0 Å². The first-order valence-electron chi connectivity index (χ1n) is 10.5. The van der Waals surface area contributed by atoms with Gasteiger partial charge in [-0.3, -0.25) is 0 Å². The Morgan fingerprint density at radius 1 is 0.903 bits per heavy atom. The number of aromatic nitrogens is 2. The average Bonchev–Trinajstić information content (AvgIpc) is 2.89. The van der Waals surface area contributed by atoms with E-state index < -0.39 is 0 Å². The number of benzene rings is 2. The van der Waals surface area contributed by atoms with Crippen LogP contribution in [-0.4, -0.2) is 21.8 Å². The predicted octanol–water partition coefficient (Wildman–Crippen LogP) is 4.20. The Morgan fingerprint density at radius 2 is 1.71 bits per heavy atom. The molecule has 2 aromatic carbocycles. The lowest BCUT2D eigenvalue weighted by Crippen LogP contribution is -2.23. The molecule has 5 rings (SSSR count). The number of rotatable bonds is 3. The van der Waals surface area contributed by atoms with E-state index in [1.54, 1.807) is 0 Å². The fourth-order valence-corrected chi connectivity index (χ4v) is 4.22. The molecule has 158 valence electrons. The second-order valence-corrected chi connectivity index (χ2v) is 7.98. The number of aliphatic imine (C=N–C) groups is 1. The van der Waals surface area contributed by atoms with Gasteiger partial charge in [-0.15, -0.1) is 0 Å². The highest BCUT2D eigenvalue weighted by Gasteiger charge is 2.21. The first-order valence-corrected chi connectivity index (χ1v) is 10.5. The van der Waals surface area contributed by atoms with Crippen molar-refractivity contribution in [2.24, 2.45) is 10.7 Å². The smallest absolute Gasteiger partial charge is 0.222 e. The molecule has 1 aromatic heterocycles. The van der Waals surface area contributed by atoms with E-state index in [2.05, 4.69) is 20.3 Å². The summed E-state index contributed by atoms with van der Waals surface area (Å²) in [6.07, 6.45) is 6.02. The van der Waals surface area contributed by atoms with Gasteiger partial charge in [-0.1, -0.05) is 31.4 Å². The molecule has 0 radical (unpaired) electrons. The van der Waals surface area contributed by atoms with Crippen LogP contribution in [-0.2, 0) is 0 Å². The topological polar surface area (TPSA) is 137 Å². The van der Waals surface area contributed by atoms with Gasteiger partial charge < -0.3 is 27.3 Å². The summed E-state index contributed by atoms with van der Waals surface area (Å²) in [5.74, 6) is 2.38. The van der Waals surface area contributed by atoms with Gasteiger partial charge >= 0.3 is 0 Å². The molecule has 2 aliphatic rings. The van der Waals surface area contributed by atoms with Crippen molar-refractivity contribution in [2.75, 3.05) is 16.8 Å². The Labute approximate surface area is 180 Å².